The molecule has 0 bridgehead atoms. The molecule has 1 amide bonds. The molecule has 0 radical (unpaired) electrons. The lowest BCUT2D eigenvalue weighted by Crippen LogP contribution is -2.28. The van der Waals surface area contributed by atoms with Gasteiger partial charge in [0, 0.05) is 12.6 Å². The summed E-state index contributed by atoms with van der Waals surface area (Å²) in [6, 6.07) is 17.3. The second kappa shape index (κ2) is 9.11. The summed E-state index contributed by atoms with van der Waals surface area (Å²) in [6.07, 6.45) is 1.63. The van der Waals surface area contributed by atoms with Crippen molar-refractivity contribution in [3.8, 4) is 17.1 Å². The maximum atomic E-state index is 12.8. The maximum absolute atomic E-state index is 12.8. The number of aliphatic imine (C=N–C) groups is 1. The fraction of sp³-hybridized carbons (Fsp3) is 0.130. The van der Waals surface area contributed by atoms with Gasteiger partial charge in [0.05, 0.1) is 34.3 Å². The molecule has 0 unspecified atom stereocenters. The van der Waals surface area contributed by atoms with Crippen molar-refractivity contribution in [3.63, 3.8) is 0 Å². The van der Waals surface area contributed by atoms with Crippen molar-refractivity contribution in [2.45, 2.75) is 6.92 Å². The van der Waals surface area contributed by atoms with Crippen LogP contribution in [0.2, 0.25) is 0 Å². The van der Waals surface area contributed by atoms with E-state index in [9.17, 15) is 14.9 Å². The number of hydrogen-bond donors (Lipinski definition) is 0. The Bertz CT molecular complexity index is 1230. The molecule has 0 N–H and O–H groups in total. The number of hydrogen-bond acceptors (Lipinski definition) is 7. The number of nitro groups is 1. The van der Waals surface area contributed by atoms with Crippen molar-refractivity contribution >= 4 is 40.3 Å². The Labute approximate surface area is 188 Å². The Morgan fingerprint density at radius 1 is 1.19 bits per heavy atom. The lowest BCUT2D eigenvalue weighted by atomic mass is 10.1. The minimum Gasteiger partial charge on any atom is -0.497 e. The van der Waals surface area contributed by atoms with Gasteiger partial charge in [-0.25, -0.2) is 4.99 Å². The largest absolute Gasteiger partial charge is 0.497 e. The number of para-hydroxylation sites is 1. The molecule has 3 aromatic rings. The van der Waals surface area contributed by atoms with Crippen molar-refractivity contribution in [1.29, 1.82) is 0 Å². The monoisotopic (exact) mass is 449 g/mol. The molecule has 0 saturated carbocycles. The third-order valence-corrected chi connectivity index (χ3v) is 5.76. The number of rotatable bonds is 6. The molecule has 1 aliphatic heterocycles. The van der Waals surface area contributed by atoms with Crippen LogP contribution in [0.1, 0.15) is 12.7 Å². The zero-order valence-corrected chi connectivity index (χ0v) is 18.2. The van der Waals surface area contributed by atoms with Gasteiger partial charge < -0.3 is 9.15 Å². The number of thioether (sulfide) groups is 1. The van der Waals surface area contributed by atoms with Crippen molar-refractivity contribution in [2.24, 2.45) is 4.99 Å². The van der Waals surface area contributed by atoms with Crippen LogP contribution in [0.4, 0.5) is 11.4 Å². The van der Waals surface area contributed by atoms with Crippen molar-refractivity contribution in [1.82, 2.24) is 4.90 Å². The number of carbonyl (C=O) groups excluding carboxylic acids is 1. The van der Waals surface area contributed by atoms with Gasteiger partial charge in [-0.2, -0.15) is 0 Å². The quantitative estimate of drug-likeness (QED) is 0.280. The lowest BCUT2D eigenvalue weighted by molar-refractivity contribution is -0.384. The average molecular weight is 449 g/mol. The van der Waals surface area contributed by atoms with E-state index in [1.807, 2.05) is 37.3 Å². The number of nitrogens with zero attached hydrogens (tertiary/aromatic N) is 3. The lowest BCUT2D eigenvalue weighted by Gasteiger charge is -2.11. The van der Waals surface area contributed by atoms with Crippen LogP contribution in [0, 0.1) is 10.1 Å². The summed E-state index contributed by atoms with van der Waals surface area (Å²) < 4.78 is 10.9. The molecule has 0 aliphatic carbocycles. The minimum atomic E-state index is -0.486. The van der Waals surface area contributed by atoms with Crippen LogP contribution in [0.25, 0.3) is 17.4 Å². The smallest absolute Gasteiger partial charge is 0.284 e. The Morgan fingerprint density at radius 2 is 1.97 bits per heavy atom. The second-order valence-corrected chi connectivity index (χ2v) is 7.74. The molecule has 1 fully saturated rings. The normalized spacial score (nSPS) is 16.2. The van der Waals surface area contributed by atoms with E-state index in [4.69, 9.17) is 9.15 Å². The van der Waals surface area contributed by atoms with E-state index < -0.39 is 4.92 Å². The first-order valence-corrected chi connectivity index (χ1v) is 10.6. The summed E-state index contributed by atoms with van der Waals surface area (Å²) >= 11 is 1.26. The fourth-order valence-corrected chi connectivity index (χ4v) is 4.23. The Balaban J connectivity index is 1.64. The molecule has 32 heavy (non-hydrogen) atoms. The first-order chi connectivity index (χ1) is 15.5. The molecule has 9 heteroatoms. The van der Waals surface area contributed by atoms with E-state index >= 15 is 0 Å². The predicted molar refractivity (Wildman–Crippen MR) is 124 cm³/mol. The molecule has 1 saturated heterocycles. The first kappa shape index (κ1) is 21.4. The summed E-state index contributed by atoms with van der Waals surface area (Å²) in [6.45, 7) is 2.37. The molecule has 1 aromatic heterocycles. The van der Waals surface area contributed by atoms with E-state index in [2.05, 4.69) is 4.99 Å². The van der Waals surface area contributed by atoms with E-state index in [1.54, 1.807) is 35.2 Å². The summed E-state index contributed by atoms with van der Waals surface area (Å²) in [4.78, 5) is 30.5. The summed E-state index contributed by atoms with van der Waals surface area (Å²) in [7, 11) is 1.45. The molecular weight excluding hydrogens is 430 g/mol. The van der Waals surface area contributed by atoms with Crippen LogP contribution in [-0.4, -0.2) is 34.6 Å². The van der Waals surface area contributed by atoms with Gasteiger partial charge in [-0.05, 0) is 55.1 Å². The number of furan rings is 1. The third kappa shape index (κ3) is 4.28. The molecule has 2 heterocycles. The zero-order chi connectivity index (χ0) is 22.7. The van der Waals surface area contributed by atoms with Crippen LogP contribution in [0.15, 0.2) is 75.0 Å². The van der Waals surface area contributed by atoms with E-state index in [0.29, 0.717) is 39.5 Å². The highest BCUT2D eigenvalue weighted by atomic mass is 32.2. The van der Waals surface area contributed by atoms with Gasteiger partial charge in [-0.3, -0.25) is 19.8 Å². The summed E-state index contributed by atoms with van der Waals surface area (Å²) in [5.74, 6) is 0.956. The number of methoxy groups -OCH3 is 1. The molecular formula is C23H19N3O5S. The average Bonchev–Trinajstić information content (AvgIpc) is 3.38. The summed E-state index contributed by atoms with van der Waals surface area (Å²) in [5.41, 5.74) is 0.959. The minimum absolute atomic E-state index is 0.126. The van der Waals surface area contributed by atoms with E-state index in [0.717, 1.165) is 5.69 Å². The van der Waals surface area contributed by atoms with Crippen LogP contribution in [-0.2, 0) is 4.79 Å². The van der Waals surface area contributed by atoms with E-state index in [1.165, 1.54) is 24.9 Å². The molecule has 2 aromatic carbocycles. The number of nitro benzene ring substituents is 1. The summed E-state index contributed by atoms with van der Waals surface area (Å²) in [5, 5.41) is 12.1. The molecule has 0 spiro atoms. The second-order valence-electron chi connectivity index (χ2n) is 6.73. The van der Waals surface area contributed by atoms with Crippen LogP contribution < -0.4 is 4.74 Å². The highest BCUT2D eigenvalue weighted by Crippen LogP contribution is 2.37. The maximum Gasteiger partial charge on any atom is 0.284 e. The van der Waals surface area contributed by atoms with Gasteiger partial charge in [-0.1, -0.05) is 18.2 Å². The Kier molecular flexibility index (Phi) is 6.09. The molecule has 0 atom stereocenters. The van der Waals surface area contributed by atoms with Gasteiger partial charge in [0.25, 0.3) is 11.6 Å². The number of ether oxygens (including phenoxy) is 1. The van der Waals surface area contributed by atoms with Crippen LogP contribution in [0.5, 0.6) is 5.75 Å². The Morgan fingerprint density at radius 3 is 2.66 bits per heavy atom. The van der Waals surface area contributed by atoms with Crippen molar-refractivity contribution in [3.05, 3.63) is 81.4 Å². The zero-order valence-electron chi connectivity index (χ0n) is 17.3. The number of amidine groups is 1. The third-order valence-electron chi connectivity index (χ3n) is 4.75. The number of amides is 1. The Hall–Kier alpha value is -3.85. The van der Waals surface area contributed by atoms with Crippen LogP contribution in [0.3, 0.4) is 0 Å². The van der Waals surface area contributed by atoms with Gasteiger partial charge >= 0.3 is 0 Å². The van der Waals surface area contributed by atoms with E-state index in [-0.39, 0.29) is 11.6 Å². The number of likely N-dealkylation sites (N-methyl/N-ethyl adjacent to an activating group) is 1. The van der Waals surface area contributed by atoms with Gasteiger partial charge in [0.1, 0.15) is 17.3 Å². The number of benzene rings is 2. The topological polar surface area (TPSA) is 98.2 Å². The van der Waals surface area contributed by atoms with Gasteiger partial charge in [-0.15, -0.1) is 0 Å². The fourth-order valence-electron chi connectivity index (χ4n) is 3.19. The van der Waals surface area contributed by atoms with Crippen molar-refractivity contribution < 1.29 is 18.9 Å². The molecule has 4 rings (SSSR count). The van der Waals surface area contributed by atoms with Crippen LogP contribution >= 0.6 is 11.8 Å². The molecule has 162 valence electrons. The van der Waals surface area contributed by atoms with Gasteiger partial charge in [0.2, 0.25) is 0 Å². The standard InChI is InChI=1S/C23H19N3O5S/c1-3-25-22(27)21(32-23(25)24-15-7-5-4-6-8-15)14-17-10-12-20(31-17)18-11-9-16(30-2)13-19(18)26(28)29/h4-14H,3H2,1-2H3/b21-14+,24-23?. The van der Waals surface area contributed by atoms with Gasteiger partial charge in [0.15, 0.2) is 5.17 Å². The number of carbonyl (C=O) groups is 1. The highest BCUT2D eigenvalue weighted by molar-refractivity contribution is 8.18. The SMILES string of the molecule is CCN1C(=O)/C(=C\c2ccc(-c3ccc(OC)cc3[N+](=O)[O-])o2)SC1=Nc1ccccc1. The molecule has 8 nitrogen and oxygen atoms in total. The first-order valence-electron chi connectivity index (χ1n) is 9.78. The molecule has 1 aliphatic rings. The van der Waals surface area contributed by atoms with Crippen molar-refractivity contribution in [2.75, 3.05) is 13.7 Å². The highest BCUT2D eigenvalue weighted by Gasteiger charge is 2.32. The predicted octanol–water partition coefficient (Wildman–Crippen LogP) is 5.49.